The molecule has 1 atom stereocenters. The predicted octanol–water partition coefficient (Wildman–Crippen LogP) is 5.10. The van der Waals surface area contributed by atoms with E-state index >= 15 is 0 Å². The van der Waals surface area contributed by atoms with Crippen LogP contribution < -0.4 is 10.6 Å². The maximum Gasteiger partial charge on any atom is 0.322 e. The number of rotatable bonds is 12. The van der Waals surface area contributed by atoms with E-state index in [1.165, 1.54) is 44.9 Å². The highest BCUT2D eigenvalue weighted by molar-refractivity contribution is 6.07. The van der Waals surface area contributed by atoms with Gasteiger partial charge in [0.05, 0.1) is 0 Å². The smallest absolute Gasteiger partial charge is 0.322 e. The quantitative estimate of drug-likeness (QED) is 0.330. The largest absolute Gasteiger partial charge is 0.323 e. The van der Waals surface area contributed by atoms with Crippen molar-refractivity contribution in [3.63, 3.8) is 0 Å². The minimum Gasteiger partial charge on any atom is -0.323 e. The van der Waals surface area contributed by atoms with Crippen molar-refractivity contribution >= 4 is 17.7 Å². The summed E-state index contributed by atoms with van der Waals surface area (Å²) >= 11 is 0. The molecule has 0 aromatic rings. The molecule has 1 unspecified atom stereocenters. The van der Waals surface area contributed by atoms with Crippen LogP contribution in [-0.2, 0) is 9.59 Å². The highest BCUT2D eigenvalue weighted by atomic mass is 16.2. The number of imide groups is 1. The number of Topliss-reactive ketones (excluding diaryl/α,β-unsaturated/α-hetero) is 1. The first-order chi connectivity index (χ1) is 14.4. The molecule has 2 aliphatic heterocycles. The highest BCUT2D eigenvalue weighted by Crippen LogP contribution is 2.46. The first-order valence-corrected chi connectivity index (χ1v) is 12.4. The second-order valence-electron chi connectivity index (χ2n) is 11.1. The molecule has 0 radical (unpaired) electrons. The fourth-order valence-electron chi connectivity index (χ4n) is 6.45. The highest BCUT2D eigenvalue weighted by Gasteiger charge is 2.59. The van der Waals surface area contributed by atoms with Crippen molar-refractivity contribution in [1.82, 2.24) is 15.5 Å². The molecule has 6 heteroatoms. The van der Waals surface area contributed by atoms with E-state index in [1.807, 2.05) is 0 Å². The third-order valence-electron chi connectivity index (χ3n) is 7.19. The Kier molecular flexibility index (Phi) is 8.71. The van der Waals surface area contributed by atoms with Gasteiger partial charge in [-0.1, -0.05) is 45.4 Å². The zero-order chi connectivity index (χ0) is 23.3. The maximum absolute atomic E-state index is 12.6. The van der Waals surface area contributed by atoms with Crippen molar-refractivity contribution < 1.29 is 14.4 Å². The number of amides is 3. The summed E-state index contributed by atoms with van der Waals surface area (Å²) in [5, 5.41) is 5.41. The molecule has 6 nitrogen and oxygen atoms in total. The Hall–Kier alpha value is -1.43. The first-order valence-electron chi connectivity index (χ1n) is 12.4. The number of hydrogen-bond donors (Lipinski definition) is 2. The third-order valence-corrected chi connectivity index (χ3v) is 7.19. The van der Waals surface area contributed by atoms with E-state index in [9.17, 15) is 14.4 Å². The van der Waals surface area contributed by atoms with E-state index in [0.29, 0.717) is 24.7 Å². The van der Waals surface area contributed by atoms with Gasteiger partial charge in [0, 0.05) is 23.5 Å². The molecule has 0 aromatic carbocycles. The van der Waals surface area contributed by atoms with Gasteiger partial charge in [0.15, 0.2) is 0 Å². The summed E-state index contributed by atoms with van der Waals surface area (Å²) < 4.78 is 0. The standard InChI is InChI=1S/C25H45N3O3/c1-7-20(16-14-12-10-8-9-11-13-15-19(2)29)28-23(3,4)17-25(18-24(28,5)6)21(30)26-22(31)27-25/h20H,7-18H2,1-6H3,(H2,26,27,30,31). The van der Waals surface area contributed by atoms with Gasteiger partial charge in [0.25, 0.3) is 5.91 Å². The summed E-state index contributed by atoms with van der Waals surface area (Å²) in [5.41, 5.74) is -1.16. The second kappa shape index (κ2) is 10.5. The molecule has 2 fully saturated rings. The fourth-order valence-corrected chi connectivity index (χ4v) is 6.45. The molecule has 0 aromatic heterocycles. The molecule has 2 aliphatic rings. The van der Waals surface area contributed by atoms with Crippen LogP contribution in [0.15, 0.2) is 0 Å². The van der Waals surface area contributed by atoms with Crippen LogP contribution in [-0.4, -0.2) is 45.3 Å². The number of piperidine rings is 1. The van der Waals surface area contributed by atoms with Gasteiger partial charge >= 0.3 is 6.03 Å². The lowest BCUT2D eigenvalue weighted by atomic mass is 9.68. The van der Waals surface area contributed by atoms with Crippen LogP contribution in [0.1, 0.15) is 119 Å². The van der Waals surface area contributed by atoms with E-state index in [2.05, 4.69) is 50.2 Å². The lowest BCUT2D eigenvalue weighted by molar-refractivity contribution is -0.138. The predicted molar refractivity (Wildman–Crippen MR) is 125 cm³/mol. The number of urea groups is 1. The van der Waals surface area contributed by atoms with E-state index in [4.69, 9.17) is 0 Å². The zero-order valence-corrected chi connectivity index (χ0v) is 20.7. The molecule has 0 saturated carbocycles. The number of nitrogens with zero attached hydrogens (tertiary/aromatic N) is 1. The minimum atomic E-state index is -0.790. The fraction of sp³-hybridized carbons (Fsp3) is 0.880. The molecule has 31 heavy (non-hydrogen) atoms. The van der Waals surface area contributed by atoms with Crippen molar-refractivity contribution in [1.29, 1.82) is 0 Å². The SMILES string of the molecule is CCC(CCCCCCCCCC(C)=O)N1C(C)(C)CC2(CC1(C)C)NC(=O)NC2=O. The van der Waals surface area contributed by atoms with Gasteiger partial charge in [-0.05, 0) is 66.7 Å². The average Bonchev–Trinajstić information content (AvgIpc) is 2.88. The summed E-state index contributed by atoms with van der Waals surface area (Å²) in [7, 11) is 0. The summed E-state index contributed by atoms with van der Waals surface area (Å²) in [6, 6.07) is 0.108. The molecule has 2 saturated heterocycles. The van der Waals surface area contributed by atoms with Crippen LogP contribution in [0.5, 0.6) is 0 Å². The molecule has 178 valence electrons. The van der Waals surface area contributed by atoms with Crippen molar-refractivity contribution in [3.05, 3.63) is 0 Å². The minimum absolute atomic E-state index is 0.172. The Bertz CT molecular complexity index is 638. The Morgan fingerprint density at radius 2 is 1.45 bits per heavy atom. The first kappa shape index (κ1) is 25.8. The molecule has 1 spiro atoms. The van der Waals surface area contributed by atoms with E-state index in [1.54, 1.807) is 6.92 Å². The molecular weight excluding hydrogens is 390 g/mol. The number of ketones is 1. The van der Waals surface area contributed by atoms with Gasteiger partial charge in [-0.15, -0.1) is 0 Å². The van der Waals surface area contributed by atoms with Crippen LogP contribution in [0.2, 0.25) is 0 Å². The van der Waals surface area contributed by atoms with Crippen LogP contribution in [0.25, 0.3) is 0 Å². The number of nitrogens with one attached hydrogen (secondary N) is 2. The molecule has 2 N–H and O–H groups in total. The third kappa shape index (κ3) is 6.53. The van der Waals surface area contributed by atoms with Gasteiger partial charge < -0.3 is 10.1 Å². The van der Waals surface area contributed by atoms with Crippen molar-refractivity contribution in [2.75, 3.05) is 0 Å². The number of likely N-dealkylation sites (tertiary alicyclic amines) is 1. The van der Waals surface area contributed by atoms with Gasteiger partial charge in [-0.3, -0.25) is 15.0 Å². The number of hydrogen-bond acceptors (Lipinski definition) is 4. The molecule has 2 rings (SSSR count). The van der Waals surface area contributed by atoms with E-state index < -0.39 is 5.54 Å². The Labute approximate surface area is 189 Å². The Morgan fingerprint density at radius 3 is 1.90 bits per heavy atom. The topological polar surface area (TPSA) is 78.5 Å². The second-order valence-corrected chi connectivity index (χ2v) is 11.1. The molecule has 2 heterocycles. The lowest BCUT2D eigenvalue weighted by Crippen LogP contribution is -2.71. The monoisotopic (exact) mass is 435 g/mol. The summed E-state index contributed by atoms with van der Waals surface area (Å²) in [5.74, 6) is 0.130. The number of unbranched alkanes of at least 4 members (excludes halogenated alkanes) is 6. The van der Waals surface area contributed by atoms with Gasteiger partial charge in [-0.25, -0.2) is 4.79 Å². The summed E-state index contributed by atoms with van der Waals surface area (Å²) in [6.07, 6.45) is 12.7. The summed E-state index contributed by atoms with van der Waals surface area (Å²) in [6.45, 7) is 12.8. The Morgan fingerprint density at radius 1 is 0.935 bits per heavy atom. The number of carbonyl (C=O) groups excluding carboxylic acids is 3. The average molecular weight is 436 g/mol. The maximum atomic E-state index is 12.6. The van der Waals surface area contributed by atoms with E-state index in [-0.39, 0.29) is 23.0 Å². The Balaban J connectivity index is 1.87. The zero-order valence-electron chi connectivity index (χ0n) is 20.7. The van der Waals surface area contributed by atoms with Crippen molar-refractivity contribution in [2.24, 2.45) is 0 Å². The summed E-state index contributed by atoms with van der Waals surface area (Å²) in [4.78, 5) is 38.1. The lowest BCUT2D eigenvalue weighted by Gasteiger charge is -2.60. The van der Waals surface area contributed by atoms with Crippen LogP contribution in [0, 0.1) is 0 Å². The van der Waals surface area contributed by atoms with Crippen LogP contribution in [0.3, 0.4) is 0 Å². The molecule has 0 bridgehead atoms. The van der Waals surface area contributed by atoms with Gasteiger partial charge in [0.2, 0.25) is 0 Å². The van der Waals surface area contributed by atoms with Crippen molar-refractivity contribution in [2.45, 2.75) is 141 Å². The van der Waals surface area contributed by atoms with Crippen LogP contribution >= 0.6 is 0 Å². The van der Waals surface area contributed by atoms with Crippen molar-refractivity contribution in [3.8, 4) is 0 Å². The molecule has 0 aliphatic carbocycles. The normalized spacial score (nSPS) is 22.9. The molecular formula is C25H45N3O3. The number of carbonyl (C=O) groups is 3. The van der Waals surface area contributed by atoms with E-state index in [0.717, 1.165) is 19.3 Å². The van der Waals surface area contributed by atoms with Gasteiger partial charge in [0.1, 0.15) is 11.3 Å². The van der Waals surface area contributed by atoms with Gasteiger partial charge in [-0.2, -0.15) is 0 Å². The van der Waals surface area contributed by atoms with Crippen LogP contribution in [0.4, 0.5) is 4.79 Å². The molecule has 3 amide bonds.